The first-order chi connectivity index (χ1) is 9.08. The van der Waals surface area contributed by atoms with Crippen molar-refractivity contribution in [3.8, 4) is 0 Å². The van der Waals surface area contributed by atoms with E-state index < -0.39 is 6.09 Å². The first kappa shape index (κ1) is 23.0. The Morgan fingerprint density at radius 2 is 1.40 bits per heavy atom. The molecular weight excluding hydrogens is 264 g/mol. The first-order valence-corrected chi connectivity index (χ1v) is 5.74. The molecule has 0 radical (unpaired) electrons. The van der Waals surface area contributed by atoms with E-state index in [1.807, 2.05) is 0 Å². The van der Waals surface area contributed by atoms with Gasteiger partial charge in [0.15, 0.2) is 0 Å². The third-order valence-corrected chi connectivity index (χ3v) is 1.08. The van der Waals surface area contributed by atoms with Gasteiger partial charge in [-0.05, 0) is 27.7 Å². The third-order valence-electron chi connectivity index (χ3n) is 1.08. The largest absolute Gasteiger partial charge is 0.435 e. The average Bonchev–Trinajstić information content (AvgIpc) is 2.36. The number of amides is 2. The maximum Gasteiger partial charge on any atom is 0.435 e. The van der Waals surface area contributed by atoms with Gasteiger partial charge in [0.1, 0.15) is 0 Å². The van der Waals surface area contributed by atoms with Gasteiger partial charge >= 0.3 is 6.09 Å². The molecule has 0 aliphatic carbocycles. The molecule has 0 aromatic carbocycles. The van der Waals surface area contributed by atoms with E-state index in [0.29, 0.717) is 5.71 Å². The molecule has 0 aromatic heterocycles. The van der Waals surface area contributed by atoms with Crippen LogP contribution in [0, 0.1) is 0 Å². The van der Waals surface area contributed by atoms with Crippen LogP contribution in [0.5, 0.6) is 0 Å². The second kappa shape index (κ2) is 14.9. The quantitative estimate of drug-likeness (QED) is 0.275. The van der Waals surface area contributed by atoms with Gasteiger partial charge in [-0.25, -0.2) is 4.79 Å². The smallest absolute Gasteiger partial charge is 0.411 e. The zero-order chi connectivity index (χ0) is 16.7. The standard InChI is InChI=1S/C6H12N2O2.2C3H7NO/c1-5(2)7-10-6(9)8(3)4;1-4(2)3-5;1-3(2)4-5/h1-4H3;3H,1-2H3;5H,1-2H3. The molecule has 118 valence electrons. The summed E-state index contributed by atoms with van der Waals surface area (Å²) < 4.78 is 0. The summed E-state index contributed by atoms with van der Waals surface area (Å²) in [5.41, 5.74) is 1.40. The second-order valence-electron chi connectivity index (χ2n) is 4.41. The highest BCUT2D eigenvalue weighted by Gasteiger charge is 2.02. The summed E-state index contributed by atoms with van der Waals surface area (Å²) in [6.45, 7) is 6.95. The molecule has 1 N–H and O–H groups in total. The van der Waals surface area contributed by atoms with Gasteiger partial charge in [0.25, 0.3) is 0 Å². The molecule has 2 amide bonds. The molecule has 0 fully saturated rings. The molecule has 0 aliphatic heterocycles. The Bertz CT molecular complexity index is 317. The lowest BCUT2D eigenvalue weighted by Gasteiger charge is -2.05. The van der Waals surface area contributed by atoms with Crippen LogP contribution < -0.4 is 0 Å². The maximum atomic E-state index is 10.6. The molecule has 0 bridgehead atoms. The lowest BCUT2D eigenvalue weighted by atomic mass is 10.5. The van der Waals surface area contributed by atoms with Gasteiger partial charge in [0.2, 0.25) is 6.41 Å². The fourth-order valence-corrected chi connectivity index (χ4v) is 0.212. The van der Waals surface area contributed by atoms with Crippen LogP contribution in [0.3, 0.4) is 0 Å². The Kier molecular flexibility index (Phi) is 17.2. The van der Waals surface area contributed by atoms with E-state index in [1.165, 1.54) is 9.80 Å². The van der Waals surface area contributed by atoms with E-state index in [1.54, 1.807) is 55.9 Å². The van der Waals surface area contributed by atoms with Gasteiger partial charge in [-0.15, -0.1) is 0 Å². The number of oxime groups is 2. The minimum atomic E-state index is -0.457. The Morgan fingerprint density at radius 3 is 1.55 bits per heavy atom. The van der Waals surface area contributed by atoms with Gasteiger partial charge in [0.05, 0.1) is 11.4 Å². The number of nitrogens with zero attached hydrogens (tertiary/aromatic N) is 4. The van der Waals surface area contributed by atoms with Crippen LogP contribution in [0.1, 0.15) is 27.7 Å². The molecular formula is C12H26N4O4. The summed E-state index contributed by atoms with van der Waals surface area (Å²) >= 11 is 0. The number of hydrogen-bond acceptors (Lipinski definition) is 6. The van der Waals surface area contributed by atoms with Gasteiger partial charge in [-0.1, -0.05) is 10.3 Å². The van der Waals surface area contributed by atoms with Gasteiger partial charge in [-0.3, -0.25) is 9.63 Å². The molecule has 0 atom stereocenters. The normalized spacial score (nSPS) is 7.60. The molecule has 0 saturated heterocycles. The van der Waals surface area contributed by atoms with Crippen molar-refractivity contribution >= 4 is 23.9 Å². The van der Waals surface area contributed by atoms with E-state index in [2.05, 4.69) is 15.1 Å². The van der Waals surface area contributed by atoms with Crippen LogP contribution in [0.2, 0.25) is 0 Å². The monoisotopic (exact) mass is 290 g/mol. The molecule has 0 heterocycles. The van der Waals surface area contributed by atoms with Gasteiger partial charge < -0.3 is 15.0 Å². The van der Waals surface area contributed by atoms with Gasteiger partial charge in [-0.2, -0.15) is 0 Å². The van der Waals surface area contributed by atoms with Crippen LogP contribution >= 0.6 is 0 Å². The van der Waals surface area contributed by atoms with Crippen molar-refractivity contribution in [1.82, 2.24) is 9.80 Å². The molecule has 0 aromatic rings. The fraction of sp³-hybridized carbons (Fsp3) is 0.667. The number of rotatable bonds is 2. The van der Waals surface area contributed by atoms with Crippen LogP contribution in [-0.2, 0) is 9.63 Å². The zero-order valence-corrected chi connectivity index (χ0v) is 13.5. The highest BCUT2D eigenvalue weighted by molar-refractivity contribution is 5.79. The van der Waals surface area contributed by atoms with E-state index >= 15 is 0 Å². The second-order valence-corrected chi connectivity index (χ2v) is 4.41. The van der Waals surface area contributed by atoms with E-state index in [-0.39, 0.29) is 0 Å². The summed E-state index contributed by atoms with van der Waals surface area (Å²) in [5, 5.41) is 14.0. The van der Waals surface area contributed by atoms with Crippen LogP contribution in [-0.4, -0.2) is 67.1 Å². The highest BCUT2D eigenvalue weighted by Crippen LogP contribution is 1.86. The number of carbonyl (C=O) groups is 2. The van der Waals surface area contributed by atoms with Crippen molar-refractivity contribution in [2.24, 2.45) is 10.3 Å². The fourth-order valence-electron chi connectivity index (χ4n) is 0.212. The minimum absolute atomic E-state index is 0.457. The third kappa shape index (κ3) is 29.7. The van der Waals surface area contributed by atoms with Crippen molar-refractivity contribution in [3.05, 3.63) is 0 Å². The number of carbonyl (C=O) groups excluding carboxylic acids is 2. The first-order valence-electron chi connectivity index (χ1n) is 5.74. The van der Waals surface area contributed by atoms with Crippen molar-refractivity contribution in [2.75, 3.05) is 28.2 Å². The molecule has 0 spiro atoms. The van der Waals surface area contributed by atoms with E-state index in [9.17, 15) is 9.59 Å². The van der Waals surface area contributed by atoms with Crippen molar-refractivity contribution in [2.45, 2.75) is 27.7 Å². The SMILES string of the molecule is CC(C)=NO.CC(C)=NOC(=O)N(C)C.CN(C)C=O. The van der Waals surface area contributed by atoms with Crippen LogP contribution in [0.15, 0.2) is 10.3 Å². The number of hydrogen-bond donors (Lipinski definition) is 1. The Balaban J connectivity index is -0.000000244. The minimum Gasteiger partial charge on any atom is -0.411 e. The molecule has 0 aliphatic rings. The lowest BCUT2D eigenvalue weighted by Crippen LogP contribution is -2.21. The van der Waals surface area contributed by atoms with Gasteiger partial charge in [0, 0.05) is 28.2 Å². The Labute approximate surface area is 120 Å². The van der Waals surface area contributed by atoms with Crippen LogP contribution in [0.25, 0.3) is 0 Å². The summed E-state index contributed by atoms with van der Waals surface area (Å²) in [7, 11) is 6.58. The molecule has 8 heteroatoms. The van der Waals surface area contributed by atoms with E-state index in [4.69, 9.17) is 5.21 Å². The lowest BCUT2D eigenvalue weighted by molar-refractivity contribution is -0.115. The summed E-state index contributed by atoms with van der Waals surface area (Å²) in [6, 6.07) is 0. The highest BCUT2D eigenvalue weighted by atomic mass is 16.7. The van der Waals surface area contributed by atoms with Crippen molar-refractivity contribution < 1.29 is 19.6 Å². The molecule has 0 unspecified atom stereocenters. The van der Waals surface area contributed by atoms with Crippen LogP contribution in [0.4, 0.5) is 4.79 Å². The molecule has 0 saturated carbocycles. The Morgan fingerprint density at radius 1 is 1.05 bits per heavy atom. The maximum absolute atomic E-state index is 10.6. The van der Waals surface area contributed by atoms with Crippen molar-refractivity contribution in [1.29, 1.82) is 0 Å². The van der Waals surface area contributed by atoms with Crippen molar-refractivity contribution in [3.63, 3.8) is 0 Å². The predicted octanol–water partition coefficient (Wildman–Crippen LogP) is 1.64. The zero-order valence-electron chi connectivity index (χ0n) is 13.5. The Hall–Kier alpha value is -2.12. The van der Waals surface area contributed by atoms with E-state index in [0.717, 1.165) is 12.1 Å². The molecule has 0 rings (SSSR count). The molecule has 20 heavy (non-hydrogen) atoms. The molecule has 8 nitrogen and oxygen atoms in total. The topological polar surface area (TPSA) is 94.8 Å². The summed E-state index contributed by atoms with van der Waals surface area (Å²) in [5.74, 6) is 0. The average molecular weight is 290 g/mol. The summed E-state index contributed by atoms with van der Waals surface area (Å²) in [4.78, 5) is 27.3. The predicted molar refractivity (Wildman–Crippen MR) is 79.3 cm³/mol. The summed E-state index contributed by atoms with van der Waals surface area (Å²) in [6.07, 6.45) is 0.293.